The lowest BCUT2D eigenvalue weighted by atomic mass is 9.81. The van der Waals surface area contributed by atoms with Crippen LogP contribution in [-0.4, -0.2) is 37.6 Å². The highest BCUT2D eigenvalue weighted by molar-refractivity contribution is 6.42. The Morgan fingerprint density at radius 1 is 1.24 bits per heavy atom. The molecular weight excluding hydrogens is 365 g/mol. The van der Waals surface area contributed by atoms with Gasteiger partial charge in [0, 0.05) is 18.9 Å². The highest BCUT2D eigenvalue weighted by atomic mass is 35.5. The van der Waals surface area contributed by atoms with Gasteiger partial charge in [-0.3, -0.25) is 0 Å². The molecule has 134 valence electrons. The molecule has 0 bridgehead atoms. The molecule has 1 aliphatic rings. The normalized spacial score (nSPS) is 17.3. The first-order valence-electron chi connectivity index (χ1n) is 7.68. The second kappa shape index (κ2) is 7.93. The third kappa shape index (κ3) is 3.67. The molecule has 1 atom stereocenters. The molecule has 0 fully saturated rings. The second-order valence-electron chi connectivity index (χ2n) is 5.48. The maximum absolute atomic E-state index is 12.5. The molecule has 0 aromatic heterocycles. The zero-order valence-electron chi connectivity index (χ0n) is 14.4. The lowest BCUT2D eigenvalue weighted by Gasteiger charge is -2.32. The zero-order chi connectivity index (χ0) is 18.7. The number of esters is 2. The van der Waals surface area contributed by atoms with Gasteiger partial charge in [-0.05, 0) is 25.5 Å². The van der Waals surface area contributed by atoms with Crippen LogP contribution in [0.2, 0.25) is 10.0 Å². The molecule has 0 spiro atoms. The molecule has 0 amide bonds. The van der Waals surface area contributed by atoms with E-state index in [2.05, 4.69) is 0 Å². The number of carbonyl (C=O) groups excluding carboxylic acids is 2. The molecular formula is C18H19Cl2NO4. The minimum absolute atomic E-state index is 0.214. The molecule has 7 heteroatoms. The first-order valence-corrected chi connectivity index (χ1v) is 8.43. The van der Waals surface area contributed by atoms with Gasteiger partial charge < -0.3 is 14.4 Å². The lowest BCUT2D eigenvalue weighted by molar-refractivity contribution is -0.139. The monoisotopic (exact) mass is 383 g/mol. The van der Waals surface area contributed by atoms with E-state index >= 15 is 0 Å². The molecule has 1 aromatic carbocycles. The van der Waals surface area contributed by atoms with E-state index in [1.54, 1.807) is 50.2 Å². The number of nitrogens with zero attached hydrogens (tertiary/aromatic N) is 1. The van der Waals surface area contributed by atoms with Crippen molar-refractivity contribution in [3.63, 3.8) is 0 Å². The average molecular weight is 384 g/mol. The lowest BCUT2D eigenvalue weighted by Crippen LogP contribution is -2.30. The van der Waals surface area contributed by atoms with Gasteiger partial charge in [-0.25, -0.2) is 9.59 Å². The Balaban J connectivity index is 2.72. The summed E-state index contributed by atoms with van der Waals surface area (Å²) in [6.07, 6.45) is 1.64. The van der Waals surface area contributed by atoms with E-state index in [0.29, 0.717) is 27.4 Å². The Bertz CT molecular complexity index is 770. The number of ether oxygens (including phenoxy) is 2. The predicted molar refractivity (Wildman–Crippen MR) is 96.4 cm³/mol. The Hall–Kier alpha value is -1.98. The largest absolute Gasteiger partial charge is 0.466 e. The molecule has 0 N–H and O–H groups in total. The minimum atomic E-state index is -0.728. The molecule has 2 rings (SSSR count). The van der Waals surface area contributed by atoms with Crippen molar-refractivity contribution >= 4 is 35.1 Å². The molecule has 0 saturated carbocycles. The molecule has 0 aliphatic carbocycles. The first-order chi connectivity index (χ1) is 11.8. The van der Waals surface area contributed by atoms with Gasteiger partial charge in [-0.1, -0.05) is 35.3 Å². The van der Waals surface area contributed by atoms with E-state index in [1.807, 2.05) is 0 Å². The summed E-state index contributed by atoms with van der Waals surface area (Å²) in [6.45, 7) is 3.71. The standard InChI is InChI=1S/C18H19Cl2NO4/c1-5-25-17(22)12-9-21(3)10(2)14(18(23)24-4)15(12)11-7-6-8-13(19)16(11)20/h6-9,15H,5H2,1-4H3. The van der Waals surface area contributed by atoms with Crippen LogP contribution >= 0.6 is 23.2 Å². The van der Waals surface area contributed by atoms with Gasteiger partial charge in [0.25, 0.3) is 0 Å². The maximum atomic E-state index is 12.5. The summed E-state index contributed by atoms with van der Waals surface area (Å²) in [5, 5.41) is 0.617. The number of methoxy groups -OCH3 is 1. The molecule has 1 aliphatic heterocycles. The van der Waals surface area contributed by atoms with E-state index in [-0.39, 0.29) is 11.6 Å². The van der Waals surface area contributed by atoms with Crippen LogP contribution in [0.5, 0.6) is 0 Å². The predicted octanol–water partition coefficient (Wildman–Crippen LogP) is 3.92. The maximum Gasteiger partial charge on any atom is 0.336 e. The van der Waals surface area contributed by atoms with Crippen LogP contribution in [0.3, 0.4) is 0 Å². The van der Waals surface area contributed by atoms with Gasteiger partial charge >= 0.3 is 11.9 Å². The van der Waals surface area contributed by atoms with Gasteiger partial charge in [0.2, 0.25) is 0 Å². The Kier molecular flexibility index (Phi) is 6.14. The van der Waals surface area contributed by atoms with Crippen LogP contribution in [0.25, 0.3) is 0 Å². The third-order valence-electron chi connectivity index (χ3n) is 4.06. The van der Waals surface area contributed by atoms with Gasteiger partial charge in [0.15, 0.2) is 0 Å². The molecule has 0 radical (unpaired) electrons. The summed E-state index contributed by atoms with van der Waals surface area (Å²) in [4.78, 5) is 26.7. The summed E-state index contributed by atoms with van der Waals surface area (Å²) in [5.74, 6) is -1.79. The molecule has 5 nitrogen and oxygen atoms in total. The van der Waals surface area contributed by atoms with Crippen molar-refractivity contribution in [2.45, 2.75) is 19.8 Å². The second-order valence-corrected chi connectivity index (χ2v) is 6.27. The number of hydrogen-bond donors (Lipinski definition) is 0. The summed E-state index contributed by atoms with van der Waals surface area (Å²) >= 11 is 12.5. The van der Waals surface area contributed by atoms with Crippen LogP contribution < -0.4 is 0 Å². The quantitative estimate of drug-likeness (QED) is 0.737. The van der Waals surface area contributed by atoms with Gasteiger partial charge in [-0.2, -0.15) is 0 Å². The smallest absolute Gasteiger partial charge is 0.336 e. The minimum Gasteiger partial charge on any atom is -0.466 e. The van der Waals surface area contributed by atoms with Crippen molar-refractivity contribution in [2.75, 3.05) is 20.8 Å². The highest BCUT2D eigenvalue weighted by Crippen LogP contribution is 2.43. The average Bonchev–Trinajstić information content (AvgIpc) is 2.59. The van der Waals surface area contributed by atoms with E-state index < -0.39 is 17.9 Å². The number of halogens is 2. The van der Waals surface area contributed by atoms with Crippen molar-refractivity contribution in [3.8, 4) is 0 Å². The van der Waals surface area contributed by atoms with E-state index in [0.717, 1.165) is 0 Å². The highest BCUT2D eigenvalue weighted by Gasteiger charge is 2.38. The number of allylic oxidation sites excluding steroid dienone is 1. The number of rotatable bonds is 4. The van der Waals surface area contributed by atoms with Crippen molar-refractivity contribution in [1.29, 1.82) is 0 Å². The number of benzene rings is 1. The van der Waals surface area contributed by atoms with Crippen molar-refractivity contribution in [2.24, 2.45) is 0 Å². The van der Waals surface area contributed by atoms with Crippen molar-refractivity contribution in [3.05, 3.63) is 56.9 Å². The molecule has 25 heavy (non-hydrogen) atoms. The van der Waals surface area contributed by atoms with Gasteiger partial charge in [0.1, 0.15) is 0 Å². The SMILES string of the molecule is CCOC(=O)C1=CN(C)C(C)=C(C(=O)OC)C1c1cccc(Cl)c1Cl. The van der Waals surface area contributed by atoms with Crippen LogP contribution in [-0.2, 0) is 19.1 Å². The van der Waals surface area contributed by atoms with Crippen LogP contribution in [0.1, 0.15) is 25.3 Å². The number of carbonyl (C=O) groups is 2. The Labute approximate surface area is 156 Å². The first kappa shape index (κ1) is 19.3. The number of hydrogen-bond acceptors (Lipinski definition) is 5. The third-order valence-corrected chi connectivity index (χ3v) is 4.89. The molecule has 0 saturated heterocycles. The van der Waals surface area contributed by atoms with Crippen LogP contribution in [0.15, 0.2) is 41.2 Å². The van der Waals surface area contributed by atoms with Crippen LogP contribution in [0.4, 0.5) is 0 Å². The summed E-state index contributed by atoms with van der Waals surface area (Å²) in [7, 11) is 3.04. The summed E-state index contributed by atoms with van der Waals surface area (Å²) in [5.41, 5.74) is 1.81. The fourth-order valence-electron chi connectivity index (χ4n) is 2.76. The zero-order valence-corrected chi connectivity index (χ0v) is 15.9. The Morgan fingerprint density at radius 2 is 1.92 bits per heavy atom. The van der Waals surface area contributed by atoms with Gasteiger partial charge in [-0.15, -0.1) is 0 Å². The van der Waals surface area contributed by atoms with Crippen molar-refractivity contribution < 1.29 is 19.1 Å². The Morgan fingerprint density at radius 3 is 2.52 bits per heavy atom. The fraction of sp³-hybridized carbons (Fsp3) is 0.333. The van der Waals surface area contributed by atoms with E-state index in [1.165, 1.54) is 7.11 Å². The summed E-state index contributed by atoms with van der Waals surface area (Å²) < 4.78 is 10.1. The fourth-order valence-corrected chi connectivity index (χ4v) is 3.18. The molecule has 1 heterocycles. The van der Waals surface area contributed by atoms with E-state index in [9.17, 15) is 9.59 Å². The van der Waals surface area contributed by atoms with Crippen molar-refractivity contribution in [1.82, 2.24) is 4.90 Å². The molecule has 1 unspecified atom stereocenters. The topological polar surface area (TPSA) is 55.8 Å². The van der Waals surface area contributed by atoms with E-state index in [4.69, 9.17) is 32.7 Å². The molecule has 1 aromatic rings. The van der Waals surface area contributed by atoms with Crippen LogP contribution in [0, 0.1) is 0 Å². The van der Waals surface area contributed by atoms with Gasteiger partial charge in [0.05, 0.1) is 40.8 Å². The summed E-state index contributed by atoms with van der Waals surface area (Å²) in [6, 6.07) is 5.09.